The van der Waals surface area contributed by atoms with E-state index in [1.165, 1.54) is 50.1 Å². The second kappa shape index (κ2) is 33.9. The van der Waals surface area contributed by atoms with Gasteiger partial charge in [0, 0.05) is 101 Å². The second-order valence-electron chi connectivity index (χ2n) is 32.1. The molecule has 15 rings (SSSR count). The monoisotopic (exact) mass is 1380 g/mol. The van der Waals surface area contributed by atoms with Gasteiger partial charge < -0.3 is 48.0 Å². The Kier molecular flexibility index (Phi) is 25.8. The van der Waals surface area contributed by atoms with E-state index in [1.807, 2.05) is 31.2 Å². The van der Waals surface area contributed by atoms with Crippen LogP contribution >= 0.6 is 0 Å². The van der Waals surface area contributed by atoms with Gasteiger partial charge in [0.05, 0.1) is 51.2 Å². The van der Waals surface area contributed by atoms with Gasteiger partial charge in [-0.3, -0.25) is 9.59 Å². The number of hydrogen-bond donors (Lipinski definition) is 1. The van der Waals surface area contributed by atoms with Crippen LogP contribution in [0.1, 0.15) is 242 Å². The number of aliphatic hydroxyl groups excluding tert-OH is 1. The number of nitrogens with zero attached hydrogens (tertiary/aromatic N) is 2. The topological polar surface area (TPSA) is 136 Å². The first-order valence-electron chi connectivity index (χ1n) is 38.1. The lowest BCUT2D eigenvalue weighted by Crippen LogP contribution is -2.43. The highest BCUT2D eigenvalue weighted by Crippen LogP contribution is 2.50. The number of ether oxygens (including phenoxy) is 6. The van der Waals surface area contributed by atoms with Crippen LogP contribution in [-0.4, -0.2) is 86.1 Å². The lowest BCUT2D eigenvalue weighted by atomic mass is 9.68. The molecule has 3 saturated heterocycles. The van der Waals surface area contributed by atoms with Crippen LogP contribution < -0.4 is 0 Å². The van der Waals surface area contributed by atoms with Gasteiger partial charge >= 0.3 is 0 Å². The van der Waals surface area contributed by atoms with Crippen LogP contribution in [0.15, 0.2) is 146 Å². The summed E-state index contributed by atoms with van der Waals surface area (Å²) in [5.41, 5.74) is 14.8. The van der Waals surface area contributed by atoms with E-state index in [0.29, 0.717) is 63.7 Å². The molecular weight excluding hydrogens is 1270 g/mol. The summed E-state index contributed by atoms with van der Waals surface area (Å²) in [5, 5.41) is 9.53. The zero-order valence-corrected chi connectivity index (χ0v) is 62.7. The Bertz CT molecular complexity index is 3730. The number of ketones is 2. The Hall–Kier alpha value is -6.97. The van der Waals surface area contributed by atoms with Crippen molar-refractivity contribution in [2.24, 2.45) is 0 Å². The molecule has 12 heteroatoms. The maximum Gasteiger partial charge on any atom is 0.258 e. The molecule has 3 spiro atoms. The number of aliphatic hydroxyl groups is 1. The molecule has 9 aliphatic rings. The molecule has 6 saturated carbocycles. The van der Waals surface area contributed by atoms with Crippen molar-refractivity contribution in [2.75, 3.05) is 39.6 Å². The molecule has 3 aliphatic heterocycles. The van der Waals surface area contributed by atoms with Gasteiger partial charge in [-0.05, 0) is 144 Å². The molecule has 6 aromatic carbocycles. The summed E-state index contributed by atoms with van der Waals surface area (Å²) in [4.78, 5) is 42.0. The molecule has 1 N–H and O–H groups in total. The molecule has 3 heterocycles. The van der Waals surface area contributed by atoms with Crippen molar-refractivity contribution in [3.05, 3.63) is 235 Å². The molecule has 6 aliphatic carbocycles. The first-order chi connectivity index (χ1) is 48.8. The summed E-state index contributed by atoms with van der Waals surface area (Å²) in [7, 11) is 0. The van der Waals surface area contributed by atoms with E-state index in [0.717, 1.165) is 165 Å². The molecule has 0 amide bonds. The first-order valence-corrected chi connectivity index (χ1v) is 38.1. The molecule has 12 nitrogen and oxygen atoms in total. The van der Waals surface area contributed by atoms with Crippen molar-refractivity contribution in [2.45, 2.75) is 273 Å². The van der Waals surface area contributed by atoms with Crippen molar-refractivity contribution in [1.82, 2.24) is 0 Å². The molecule has 9 fully saturated rings. The Morgan fingerprint density at radius 1 is 0.333 bits per heavy atom. The van der Waals surface area contributed by atoms with Gasteiger partial charge in [0.1, 0.15) is 17.9 Å². The number of benzene rings is 6. The van der Waals surface area contributed by atoms with E-state index < -0.39 is 11.3 Å². The third kappa shape index (κ3) is 19.1. The average molecular weight is 1380 g/mol. The zero-order chi connectivity index (χ0) is 72.7. The summed E-state index contributed by atoms with van der Waals surface area (Å²) in [6.07, 6.45) is 22.0. The van der Waals surface area contributed by atoms with Crippen LogP contribution in [0.25, 0.3) is 9.69 Å². The Morgan fingerprint density at radius 3 is 0.882 bits per heavy atom. The second-order valence-corrected chi connectivity index (χ2v) is 32.1. The molecule has 0 atom stereocenters. The Labute approximate surface area is 610 Å². The van der Waals surface area contributed by atoms with Crippen LogP contribution in [0.5, 0.6) is 0 Å². The zero-order valence-electron chi connectivity index (χ0n) is 62.7. The molecule has 0 unspecified atom stereocenters. The van der Waals surface area contributed by atoms with E-state index in [4.69, 9.17) is 41.6 Å². The fourth-order valence-electron chi connectivity index (χ4n) is 16.7. The summed E-state index contributed by atoms with van der Waals surface area (Å²) in [5.74, 6) is -0.314. The third-order valence-corrected chi connectivity index (χ3v) is 24.6. The summed E-state index contributed by atoms with van der Waals surface area (Å²) in [6.45, 7) is 38.9. The Balaban J connectivity index is 0.000000132. The minimum absolute atomic E-state index is 0.0662. The standard InChI is InChI=1S/C16H19NO2.C16H20O3.C16H22O2.C14H15NO.C14H20O.C14H18O/c1-13-3-5-14(6-4-13)15(17-2)7-9-16(10-8-15)18-11-12-19-16;1-13-2-4-14(5-3-13)15(12-17)6-8-16(9-7-15)18-10-11-19-16;1-13-3-5-14(6-4-13)15(2)7-9-16(10-8-15)17-11-12-18-16;1-11-3-5-12(6-4-11)14(15-2)9-7-13(16)8-10-14;2*1-11-3-5-12(6-4-11)14(2)9-7-13(15)8-10-14/h3-6H,7-12H2,1H3;2-5,12H,6-11H2,1H3;3-6H,7-12H2,1-2H3;3-6H,7-10H2,1H3;3-6,13,15H,7-10H2,1-2H3;3-6H,7-10H2,1-2H3. The quantitative estimate of drug-likeness (QED) is 0.122. The van der Waals surface area contributed by atoms with Crippen LogP contribution in [-0.2, 0) is 75.5 Å². The van der Waals surface area contributed by atoms with Crippen LogP contribution in [0, 0.1) is 54.7 Å². The number of carbonyl (C=O) groups excluding carboxylic acids is 3. The third-order valence-electron chi connectivity index (χ3n) is 24.6. The summed E-state index contributed by atoms with van der Waals surface area (Å²) < 4.78 is 34.6. The molecular formula is C90H114N2O10. The SMILES string of the molecule is Cc1ccc(C2(C)CCC(=O)CC2)cc1.Cc1ccc(C2(C)CCC(O)CC2)cc1.Cc1ccc(C2(C)CCC3(CC2)OCCO3)cc1.Cc1ccc(C2(C=O)CCC3(CC2)OCCO3)cc1.[C-]#[N+]C1(c2ccc(C)cc2)CCC(=O)CC1.[C-]#[N+]C1(c2ccc(C)cc2)CCC2(CC1)OCCO2. The molecule has 102 heavy (non-hydrogen) atoms. The summed E-state index contributed by atoms with van der Waals surface area (Å²) >= 11 is 0. The minimum atomic E-state index is -0.443. The van der Waals surface area contributed by atoms with Gasteiger partial charge in [-0.2, -0.15) is 0 Å². The van der Waals surface area contributed by atoms with Gasteiger partial charge in [-0.15, -0.1) is 0 Å². The van der Waals surface area contributed by atoms with E-state index in [9.17, 15) is 19.5 Å². The molecule has 0 radical (unpaired) electrons. The Morgan fingerprint density at radius 2 is 0.578 bits per heavy atom. The number of Topliss-reactive ketones (excluding diaryl/α,β-unsaturated/α-hetero) is 2. The highest BCUT2D eigenvalue weighted by Gasteiger charge is 2.52. The lowest BCUT2D eigenvalue weighted by Gasteiger charge is -2.42. The predicted molar refractivity (Wildman–Crippen MR) is 404 cm³/mol. The maximum atomic E-state index is 11.7. The van der Waals surface area contributed by atoms with Crippen LogP contribution in [0.4, 0.5) is 0 Å². The fraction of sp³-hybridized carbons (Fsp3) is 0.544. The van der Waals surface area contributed by atoms with Gasteiger partial charge in [0.2, 0.25) is 0 Å². The maximum absolute atomic E-state index is 11.7. The fourth-order valence-corrected chi connectivity index (χ4v) is 16.7. The number of hydrogen-bond acceptors (Lipinski definition) is 10. The predicted octanol–water partition coefficient (Wildman–Crippen LogP) is 19.6. The van der Waals surface area contributed by atoms with Crippen molar-refractivity contribution in [3.63, 3.8) is 0 Å². The van der Waals surface area contributed by atoms with Crippen molar-refractivity contribution >= 4 is 17.9 Å². The van der Waals surface area contributed by atoms with E-state index in [2.05, 4.69) is 186 Å². The average Bonchev–Trinajstić information content (AvgIpc) is 1.34. The van der Waals surface area contributed by atoms with Gasteiger partial charge in [0.25, 0.3) is 11.1 Å². The lowest BCUT2D eigenvalue weighted by molar-refractivity contribution is -0.184. The number of rotatable bonds is 7. The first kappa shape index (κ1) is 77.6. The smallest absolute Gasteiger partial charge is 0.258 e. The normalized spacial score (nSPS) is 26.1. The van der Waals surface area contributed by atoms with Crippen LogP contribution in [0.3, 0.4) is 0 Å². The highest BCUT2D eigenvalue weighted by molar-refractivity contribution is 5.80. The highest BCUT2D eigenvalue weighted by atomic mass is 16.7. The van der Waals surface area contributed by atoms with Crippen molar-refractivity contribution in [1.29, 1.82) is 0 Å². The van der Waals surface area contributed by atoms with E-state index >= 15 is 0 Å². The molecule has 0 bridgehead atoms. The van der Waals surface area contributed by atoms with Crippen molar-refractivity contribution < 1.29 is 47.9 Å². The number of aldehydes is 1. The van der Waals surface area contributed by atoms with Crippen LogP contribution in [0.2, 0.25) is 0 Å². The minimum Gasteiger partial charge on any atom is -0.393 e. The largest absolute Gasteiger partial charge is 0.393 e. The van der Waals surface area contributed by atoms with Gasteiger partial charge in [0.15, 0.2) is 17.4 Å². The molecule has 0 aromatic heterocycles. The van der Waals surface area contributed by atoms with E-state index in [1.54, 1.807) is 0 Å². The number of carbonyl (C=O) groups is 3. The molecule has 6 aromatic rings. The van der Waals surface area contributed by atoms with Gasteiger partial charge in [-0.25, -0.2) is 13.1 Å². The number of aryl methyl sites for hydroxylation is 6. The summed E-state index contributed by atoms with van der Waals surface area (Å²) in [6, 6.07) is 51.4. The van der Waals surface area contributed by atoms with Gasteiger partial charge in [-0.1, -0.05) is 200 Å². The molecule has 544 valence electrons. The van der Waals surface area contributed by atoms with Crippen molar-refractivity contribution in [3.8, 4) is 0 Å². The van der Waals surface area contributed by atoms with E-state index in [-0.39, 0.29) is 44.9 Å².